The summed E-state index contributed by atoms with van der Waals surface area (Å²) in [5.41, 5.74) is 1.48. The molecule has 1 aromatic heterocycles. The molecule has 1 N–H and O–H groups in total. The number of nitrogens with zero attached hydrogens (tertiary/aromatic N) is 1. The van der Waals surface area contributed by atoms with Crippen molar-refractivity contribution in [3.63, 3.8) is 0 Å². The zero-order chi connectivity index (χ0) is 15.0. The fourth-order valence-electron chi connectivity index (χ4n) is 2.71. The molecule has 1 unspecified atom stereocenters. The lowest BCUT2D eigenvalue weighted by molar-refractivity contribution is 0.0682. The van der Waals surface area contributed by atoms with Gasteiger partial charge in [-0.1, -0.05) is 18.2 Å². The van der Waals surface area contributed by atoms with Gasteiger partial charge in [0.2, 0.25) is 0 Å². The van der Waals surface area contributed by atoms with E-state index in [4.69, 9.17) is 4.74 Å². The summed E-state index contributed by atoms with van der Waals surface area (Å²) in [7, 11) is 0. The number of rotatable bonds is 3. The van der Waals surface area contributed by atoms with Crippen molar-refractivity contribution in [1.82, 2.24) is 4.57 Å². The minimum Gasteiger partial charge on any atom is -0.493 e. The summed E-state index contributed by atoms with van der Waals surface area (Å²) in [6.07, 6.45) is 2.29. The molecule has 21 heavy (non-hydrogen) atoms. The first-order chi connectivity index (χ1) is 10.1. The van der Waals surface area contributed by atoms with Crippen LogP contribution in [0.2, 0.25) is 0 Å². The highest BCUT2D eigenvalue weighted by Gasteiger charge is 2.27. The molecule has 2 aromatic rings. The molecule has 1 aliphatic heterocycles. The number of carboxylic acids is 1. The molecule has 5 heteroatoms. The first-order valence-corrected chi connectivity index (χ1v) is 6.75. The molecule has 1 aliphatic rings. The van der Waals surface area contributed by atoms with E-state index in [9.17, 15) is 14.7 Å². The third-order valence-corrected chi connectivity index (χ3v) is 3.74. The maximum Gasteiger partial charge on any atom is 0.352 e. The molecule has 0 bridgehead atoms. The van der Waals surface area contributed by atoms with Crippen LogP contribution in [0.25, 0.3) is 0 Å². The molecule has 108 valence electrons. The molecule has 1 aromatic carbocycles. The third-order valence-electron chi connectivity index (χ3n) is 3.74. The average molecular weight is 285 g/mol. The average Bonchev–Trinajstić information content (AvgIpc) is 2.92. The highest BCUT2D eigenvalue weighted by Crippen LogP contribution is 2.35. The highest BCUT2D eigenvalue weighted by atomic mass is 16.5. The van der Waals surface area contributed by atoms with E-state index in [2.05, 4.69) is 0 Å². The Morgan fingerprint density at radius 3 is 2.81 bits per heavy atom. The molecule has 0 saturated heterocycles. The summed E-state index contributed by atoms with van der Waals surface area (Å²) in [4.78, 5) is 23.0. The van der Waals surface area contributed by atoms with Crippen LogP contribution in [0.3, 0.4) is 0 Å². The van der Waals surface area contributed by atoms with Crippen LogP contribution in [0, 0.1) is 0 Å². The van der Waals surface area contributed by atoms with Crippen molar-refractivity contribution in [2.75, 3.05) is 6.61 Å². The standard InChI is InChI=1S/C16H15NO4/c1-10(18)11-8-14(16(19)20)17(9-11)13-6-7-21-15-5-3-2-4-12(13)15/h2-5,8-9,13H,6-7H2,1H3,(H,19,20). The molecule has 0 aliphatic carbocycles. The summed E-state index contributed by atoms with van der Waals surface area (Å²) in [5.74, 6) is -0.411. The summed E-state index contributed by atoms with van der Waals surface area (Å²) in [6, 6.07) is 8.89. The zero-order valence-electron chi connectivity index (χ0n) is 11.6. The molecule has 0 fully saturated rings. The van der Waals surface area contributed by atoms with Crippen molar-refractivity contribution in [2.45, 2.75) is 19.4 Å². The van der Waals surface area contributed by atoms with Crippen molar-refractivity contribution in [3.05, 3.63) is 53.3 Å². The van der Waals surface area contributed by atoms with Gasteiger partial charge in [0.25, 0.3) is 0 Å². The molecule has 0 radical (unpaired) electrons. The Hall–Kier alpha value is -2.56. The molecule has 3 rings (SSSR count). The van der Waals surface area contributed by atoms with E-state index in [1.54, 1.807) is 10.8 Å². The molecule has 2 heterocycles. The first-order valence-electron chi connectivity index (χ1n) is 6.75. The van der Waals surface area contributed by atoms with Crippen molar-refractivity contribution in [3.8, 4) is 5.75 Å². The number of aromatic carboxylic acids is 1. The first kappa shape index (κ1) is 13.4. The lowest BCUT2D eigenvalue weighted by Gasteiger charge is -2.28. The number of benzene rings is 1. The zero-order valence-corrected chi connectivity index (χ0v) is 11.6. The topological polar surface area (TPSA) is 68.5 Å². The number of carbonyl (C=O) groups is 2. The van der Waals surface area contributed by atoms with E-state index >= 15 is 0 Å². The van der Waals surface area contributed by atoms with E-state index in [-0.39, 0.29) is 17.5 Å². The number of Topliss-reactive ketones (excluding diaryl/α,β-unsaturated/α-hetero) is 1. The normalized spacial score (nSPS) is 16.9. The van der Waals surface area contributed by atoms with Gasteiger partial charge < -0.3 is 14.4 Å². The molecule has 0 amide bonds. The van der Waals surface area contributed by atoms with Crippen molar-refractivity contribution in [1.29, 1.82) is 0 Å². The van der Waals surface area contributed by atoms with Gasteiger partial charge in [0.05, 0.1) is 12.6 Å². The largest absolute Gasteiger partial charge is 0.493 e. The lowest BCUT2D eigenvalue weighted by atomic mass is 10.00. The van der Waals surface area contributed by atoms with E-state index in [0.717, 1.165) is 11.3 Å². The van der Waals surface area contributed by atoms with Gasteiger partial charge in [-0.3, -0.25) is 4.79 Å². The second-order valence-corrected chi connectivity index (χ2v) is 5.07. The number of ketones is 1. The summed E-state index contributed by atoms with van der Waals surface area (Å²) in [5, 5.41) is 9.38. The second kappa shape index (κ2) is 5.09. The van der Waals surface area contributed by atoms with Gasteiger partial charge in [0, 0.05) is 23.7 Å². The van der Waals surface area contributed by atoms with Crippen LogP contribution in [0.1, 0.15) is 45.8 Å². The van der Waals surface area contributed by atoms with Crippen LogP contribution in [0.15, 0.2) is 36.5 Å². The second-order valence-electron chi connectivity index (χ2n) is 5.07. The molecule has 1 atom stereocenters. The highest BCUT2D eigenvalue weighted by molar-refractivity contribution is 5.97. The Kier molecular flexibility index (Phi) is 3.25. The summed E-state index contributed by atoms with van der Waals surface area (Å²) in [6.45, 7) is 1.96. The van der Waals surface area contributed by atoms with Crippen molar-refractivity contribution >= 4 is 11.8 Å². The Bertz CT molecular complexity index is 717. The lowest BCUT2D eigenvalue weighted by Crippen LogP contribution is -2.22. The van der Waals surface area contributed by atoms with Crippen molar-refractivity contribution in [2.24, 2.45) is 0 Å². The third kappa shape index (κ3) is 2.31. The molecule has 5 nitrogen and oxygen atoms in total. The Balaban J connectivity index is 2.13. The molecular weight excluding hydrogens is 270 g/mol. The van der Waals surface area contributed by atoms with Gasteiger partial charge in [0.15, 0.2) is 5.78 Å². The number of aromatic nitrogens is 1. The number of hydrogen-bond donors (Lipinski definition) is 1. The van der Waals surface area contributed by atoms with Gasteiger partial charge in [-0.25, -0.2) is 4.79 Å². The van der Waals surface area contributed by atoms with E-state index in [0.29, 0.717) is 18.6 Å². The van der Waals surface area contributed by atoms with Gasteiger partial charge in [-0.15, -0.1) is 0 Å². The Morgan fingerprint density at radius 2 is 2.10 bits per heavy atom. The van der Waals surface area contributed by atoms with Gasteiger partial charge in [0.1, 0.15) is 11.4 Å². The molecule has 0 saturated carbocycles. The number of para-hydroxylation sites is 1. The summed E-state index contributed by atoms with van der Waals surface area (Å²) < 4.78 is 7.27. The predicted octanol–water partition coefficient (Wildman–Crippen LogP) is 2.76. The van der Waals surface area contributed by atoms with Crippen LogP contribution >= 0.6 is 0 Å². The number of ether oxygens (including phenoxy) is 1. The molecular formula is C16H15NO4. The van der Waals surface area contributed by atoms with Crippen LogP contribution in [-0.4, -0.2) is 28.0 Å². The van der Waals surface area contributed by atoms with Crippen LogP contribution in [0.5, 0.6) is 5.75 Å². The van der Waals surface area contributed by atoms with Gasteiger partial charge >= 0.3 is 5.97 Å². The minimum atomic E-state index is -1.04. The monoisotopic (exact) mass is 285 g/mol. The number of hydrogen-bond acceptors (Lipinski definition) is 3. The van der Waals surface area contributed by atoms with E-state index in [1.807, 2.05) is 24.3 Å². The molecule has 0 spiro atoms. The number of carbonyl (C=O) groups excluding carboxylic acids is 1. The maximum absolute atomic E-state index is 11.5. The number of fused-ring (bicyclic) bond motifs is 1. The van der Waals surface area contributed by atoms with Crippen LogP contribution < -0.4 is 4.74 Å². The Labute approximate surface area is 121 Å². The fraction of sp³-hybridized carbons (Fsp3) is 0.250. The van der Waals surface area contributed by atoms with Crippen LogP contribution in [0.4, 0.5) is 0 Å². The summed E-state index contributed by atoms with van der Waals surface area (Å²) >= 11 is 0. The quantitative estimate of drug-likeness (QED) is 0.880. The van der Waals surface area contributed by atoms with Crippen LogP contribution in [-0.2, 0) is 0 Å². The van der Waals surface area contributed by atoms with Gasteiger partial charge in [-0.05, 0) is 19.1 Å². The van der Waals surface area contributed by atoms with E-state index < -0.39 is 5.97 Å². The fourth-order valence-corrected chi connectivity index (χ4v) is 2.71. The maximum atomic E-state index is 11.5. The minimum absolute atomic E-state index is 0.127. The Morgan fingerprint density at radius 1 is 1.33 bits per heavy atom. The SMILES string of the molecule is CC(=O)c1cc(C(=O)O)n(C2CCOc3ccccc32)c1. The smallest absolute Gasteiger partial charge is 0.352 e. The van der Waals surface area contributed by atoms with Crippen molar-refractivity contribution < 1.29 is 19.4 Å². The predicted molar refractivity (Wildman–Crippen MR) is 76.1 cm³/mol. The van der Waals surface area contributed by atoms with Gasteiger partial charge in [-0.2, -0.15) is 0 Å². The number of carboxylic acid groups (broad SMARTS) is 1. The van der Waals surface area contributed by atoms with E-state index in [1.165, 1.54) is 13.0 Å².